The molecule has 2 rings (SSSR count). The molecule has 1 aromatic carbocycles. The summed E-state index contributed by atoms with van der Waals surface area (Å²) in [5, 5.41) is 0. The van der Waals surface area contributed by atoms with Crippen LogP contribution in [-0.2, 0) is 6.42 Å². The quantitative estimate of drug-likeness (QED) is 0.598. The van der Waals surface area contributed by atoms with E-state index in [0.717, 1.165) is 18.3 Å². The molecule has 19 heavy (non-hydrogen) atoms. The summed E-state index contributed by atoms with van der Waals surface area (Å²) in [4.78, 5) is 0. The van der Waals surface area contributed by atoms with Crippen molar-refractivity contribution in [2.45, 2.75) is 64.7 Å². The Morgan fingerprint density at radius 1 is 1.00 bits per heavy atom. The second kappa shape index (κ2) is 8.24. The number of ether oxygens (including phenoxy) is 1. The highest BCUT2D eigenvalue weighted by Crippen LogP contribution is 2.27. The molecule has 0 unspecified atom stereocenters. The first-order chi connectivity index (χ1) is 9.38. The molecule has 0 amide bonds. The predicted molar refractivity (Wildman–Crippen MR) is 81.7 cm³/mol. The summed E-state index contributed by atoms with van der Waals surface area (Å²) in [5.74, 6) is 1.95. The van der Waals surface area contributed by atoms with Gasteiger partial charge in [-0.2, -0.15) is 0 Å². The molecule has 1 saturated carbocycles. The second-order valence-electron chi connectivity index (χ2n) is 5.91. The molecule has 0 radical (unpaired) electrons. The molecule has 1 aliphatic rings. The summed E-state index contributed by atoms with van der Waals surface area (Å²) < 4.78 is 5.75. The third-order valence-electron chi connectivity index (χ3n) is 4.19. The number of hydrogen-bond acceptors (Lipinski definition) is 1. The molecule has 0 spiro atoms. The highest BCUT2D eigenvalue weighted by molar-refractivity contribution is 5.27. The standard InChI is InChI=1S/C18H28O/c1-2-3-7-14-19-18-12-10-17(11-13-18)15-16-8-5-4-6-9-16/h10-13,16H,2-9,14-15H2,1H3. The minimum Gasteiger partial charge on any atom is -0.494 e. The number of unbranched alkanes of at least 4 members (excludes halogenated alkanes) is 2. The van der Waals surface area contributed by atoms with Gasteiger partial charge >= 0.3 is 0 Å². The topological polar surface area (TPSA) is 9.23 Å². The van der Waals surface area contributed by atoms with Crippen LogP contribution in [0, 0.1) is 5.92 Å². The third-order valence-corrected chi connectivity index (χ3v) is 4.19. The van der Waals surface area contributed by atoms with Crippen LogP contribution in [0.2, 0.25) is 0 Å². The van der Waals surface area contributed by atoms with Crippen LogP contribution in [-0.4, -0.2) is 6.61 Å². The van der Waals surface area contributed by atoms with E-state index in [9.17, 15) is 0 Å². The molecule has 1 fully saturated rings. The van der Waals surface area contributed by atoms with Gasteiger partial charge in [-0.1, -0.05) is 64.0 Å². The first kappa shape index (κ1) is 14.4. The zero-order valence-electron chi connectivity index (χ0n) is 12.4. The van der Waals surface area contributed by atoms with Crippen LogP contribution in [0.5, 0.6) is 5.75 Å². The van der Waals surface area contributed by atoms with Gasteiger partial charge in [0.1, 0.15) is 5.75 Å². The molecule has 0 saturated heterocycles. The van der Waals surface area contributed by atoms with Crippen molar-refractivity contribution >= 4 is 0 Å². The Bertz CT molecular complexity index is 335. The van der Waals surface area contributed by atoms with Crippen molar-refractivity contribution in [1.29, 1.82) is 0 Å². The number of hydrogen-bond donors (Lipinski definition) is 0. The highest BCUT2D eigenvalue weighted by atomic mass is 16.5. The largest absolute Gasteiger partial charge is 0.494 e. The monoisotopic (exact) mass is 260 g/mol. The number of rotatable bonds is 7. The van der Waals surface area contributed by atoms with Crippen molar-refractivity contribution in [3.63, 3.8) is 0 Å². The van der Waals surface area contributed by atoms with Crippen LogP contribution in [0.25, 0.3) is 0 Å². The molecular weight excluding hydrogens is 232 g/mol. The van der Waals surface area contributed by atoms with Crippen molar-refractivity contribution in [1.82, 2.24) is 0 Å². The van der Waals surface area contributed by atoms with Crippen molar-refractivity contribution < 1.29 is 4.74 Å². The van der Waals surface area contributed by atoms with E-state index in [2.05, 4.69) is 31.2 Å². The van der Waals surface area contributed by atoms with Gasteiger partial charge < -0.3 is 4.74 Å². The first-order valence-corrected chi connectivity index (χ1v) is 8.10. The summed E-state index contributed by atoms with van der Waals surface area (Å²) in [7, 11) is 0. The van der Waals surface area contributed by atoms with E-state index in [-0.39, 0.29) is 0 Å². The summed E-state index contributed by atoms with van der Waals surface area (Å²) in [6.45, 7) is 3.08. The Kier molecular flexibility index (Phi) is 6.26. The van der Waals surface area contributed by atoms with Crippen LogP contribution in [0.3, 0.4) is 0 Å². The van der Waals surface area contributed by atoms with Crippen molar-refractivity contribution in [3.05, 3.63) is 29.8 Å². The summed E-state index contributed by atoms with van der Waals surface area (Å²) in [5.41, 5.74) is 1.48. The summed E-state index contributed by atoms with van der Waals surface area (Å²) >= 11 is 0. The van der Waals surface area contributed by atoms with E-state index in [1.165, 1.54) is 63.4 Å². The Morgan fingerprint density at radius 3 is 2.42 bits per heavy atom. The predicted octanol–water partition coefficient (Wildman–Crippen LogP) is 5.38. The van der Waals surface area contributed by atoms with Gasteiger partial charge in [-0.25, -0.2) is 0 Å². The SMILES string of the molecule is CCCCCOc1ccc(CC2CCCCC2)cc1. The summed E-state index contributed by atoms with van der Waals surface area (Å²) in [6, 6.07) is 8.79. The number of benzene rings is 1. The highest BCUT2D eigenvalue weighted by Gasteiger charge is 2.13. The molecule has 1 nitrogen and oxygen atoms in total. The molecule has 0 atom stereocenters. The van der Waals surface area contributed by atoms with E-state index in [1.807, 2.05) is 0 Å². The van der Waals surface area contributed by atoms with Gasteiger partial charge in [0.15, 0.2) is 0 Å². The van der Waals surface area contributed by atoms with Gasteiger partial charge in [0.05, 0.1) is 6.61 Å². The van der Waals surface area contributed by atoms with Gasteiger partial charge in [0.2, 0.25) is 0 Å². The summed E-state index contributed by atoms with van der Waals surface area (Å²) in [6.07, 6.45) is 12.1. The molecule has 0 bridgehead atoms. The molecule has 0 heterocycles. The molecule has 0 N–H and O–H groups in total. The maximum atomic E-state index is 5.75. The van der Waals surface area contributed by atoms with E-state index < -0.39 is 0 Å². The van der Waals surface area contributed by atoms with Gasteiger partial charge in [-0.3, -0.25) is 0 Å². The Hall–Kier alpha value is -0.980. The van der Waals surface area contributed by atoms with E-state index in [0.29, 0.717) is 0 Å². The van der Waals surface area contributed by atoms with Gasteiger partial charge in [0, 0.05) is 0 Å². The van der Waals surface area contributed by atoms with E-state index in [4.69, 9.17) is 4.74 Å². The normalized spacial score (nSPS) is 16.5. The Morgan fingerprint density at radius 2 is 1.74 bits per heavy atom. The van der Waals surface area contributed by atoms with Crippen LogP contribution >= 0.6 is 0 Å². The molecule has 106 valence electrons. The Balaban J connectivity index is 1.74. The minimum atomic E-state index is 0.857. The molecular formula is C18H28O. The van der Waals surface area contributed by atoms with Crippen LogP contribution in [0.1, 0.15) is 63.9 Å². The lowest BCUT2D eigenvalue weighted by molar-refractivity contribution is 0.306. The molecule has 0 aromatic heterocycles. The smallest absolute Gasteiger partial charge is 0.119 e. The fourth-order valence-electron chi connectivity index (χ4n) is 2.99. The van der Waals surface area contributed by atoms with Crippen LogP contribution in [0.4, 0.5) is 0 Å². The van der Waals surface area contributed by atoms with Crippen molar-refractivity contribution in [2.75, 3.05) is 6.61 Å². The van der Waals surface area contributed by atoms with Gasteiger partial charge in [-0.15, -0.1) is 0 Å². The van der Waals surface area contributed by atoms with E-state index in [1.54, 1.807) is 0 Å². The average Bonchev–Trinajstić information content (AvgIpc) is 2.46. The van der Waals surface area contributed by atoms with Crippen molar-refractivity contribution in [2.24, 2.45) is 5.92 Å². The fraction of sp³-hybridized carbons (Fsp3) is 0.667. The zero-order chi connectivity index (χ0) is 13.3. The fourth-order valence-corrected chi connectivity index (χ4v) is 2.99. The molecule has 1 aliphatic carbocycles. The lowest BCUT2D eigenvalue weighted by Crippen LogP contribution is -2.09. The lowest BCUT2D eigenvalue weighted by atomic mass is 9.85. The minimum absolute atomic E-state index is 0.857. The Labute approximate surface area is 118 Å². The molecule has 1 aromatic rings. The van der Waals surface area contributed by atoms with Crippen molar-refractivity contribution in [3.8, 4) is 5.75 Å². The maximum Gasteiger partial charge on any atom is 0.119 e. The van der Waals surface area contributed by atoms with Crippen LogP contribution < -0.4 is 4.74 Å². The van der Waals surface area contributed by atoms with E-state index >= 15 is 0 Å². The second-order valence-corrected chi connectivity index (χ2v) is 5.91. The zero-order valence-corrected chi connectivity index (χ0v) is 12.4. The lowest BCUT2D eigenvalue weighted by Gasteiger charge is -2.21. The average molecular weight is 260 g/mol. The van der Waals surface area contributed by atoms with Gasteiger partial charge in [-0.05, 0) is 36.5 Å². The molecule has 0 aliphatic heterocycles. The molecule has 1 heteroatoms. The first-order valence-electron chi connectivity index (χ1n) is 8.10. The third kappa shape index (κ3) is 5.26. The van der Waals surface area contributed by atoms with Crippen LogP contribution in [0.15, 0.2) is 24.3 Å². The maximum absolute atomic E-state index is 5.75. The van der Waals surface area contributed by atoms with Gasteiger partial charge in [0.25, 0.3) is 0 Å².